The van der Waals surface area contributed by atoms with Crippen LogP contribution in [0.4, 0.5) is 0 Å². The van der Waals surface area contributed by atoms with Crippen molar-refractivity contribution in [3.05, 3.63) is 0 Å². The van der Waals surface area contributed by atoms with E-state index < -0.39 is 0 Å². The molecule has 0 aromatic rings. The Labute approximate surface area is 123 Å². The normalized spacial score (nSPS) is 33.5. The summed E-state index contributed by atoms with van der Waals surface area (Å²) < 4.78 is 17.5. The van der Waals surface area contributed by atoms with Crippen LogP contribution in [0.1, 0.15) is 46.5 Å². The van der Waals surface area contributed by atoms with E-state index in [0.29, 0.717) is 12.0 Å². The highest BCUT2D eigenvalue weighted by molar-refractivity contribution is 4.95. The summed E-state index contributed by atoms with van der Waals surface area (Å²) in [5.41, 5.74) is -0.0129. The summed E-state index contributed by atoms with van der Waals surface area (Å²) in [6.45, 7) is 10.8. The van der Waals surface area contributed by atoms with Gasteiger partial charge in [-0.1, -0.05) is 6.92 Å². The van der Waals surface area contributed by atoms with Gasteiger partial charge in [0.25, 0.3) is 0 Å². The Hall–Kier alpha value is -0.160. The zero-order valence-corrected chi connectivity index (χ0v) is 13.3. The van der Waals surface area contributed by atoms with Gasteiger partial charge in [-0.2, -0.15) is 0 Å². The molecule has 2 rings (SSSR count). The predicted octanol–water partition coefficient (Wildman–Crippen LogP) is 2.37. The Morgan fingerprint density at radius 1 is 1.35 bits per heavy atom. The quantitative estimate of drug-likeness (QED) is 0.779. The third-order valence-corrected chi connectivity index (χ3v) is 4.67. The van der Waals surface area contributed by atoms with Crippen molar-refractivity contribution in [2.24, 2.45) is 5.92 Å². The van der Waals surface area contributed by atoms with Crippen molar-refractivity contribution < 1.29 is 14.2 Å². The van der Waals surface area contributed by atoms with Crippen molar-refractivity contribution in [3.8, 4) is 0 Å². The lowest BCUT2D eigenvalue weighted by Gasteiger charge is -2.42. The zero-order valence-electron chi connectivity index (χ0n) is 13.3. The Morgan fingerprint density at radius 3 is 2.85 bits per heavy atom. The number of hydrogen-bond donors (Lipinski definition) is 1. The molecule has 4 heteroatoms. The topological polar surface area (TPSA) is 39.7 Å². The maximum atomic E-state index is 6.06. The van der Waals surface area contributed by atoms with Gasteiger partial charge >= 0.3 is 0 Å². The van der Waals surface area contributed by atoms with Gasteiger partial charge in [0.1, 0.15) is 0 Å². The highest BCUT2D eigenvalue weighted by Gasteiger charge is 2.43. The highest BCUT2D eigenvalue weighted by atomic mass is 16.6. The standard InChI is InChI=1S/C16H31NO3/c1-4-8-17-15(13(3)19-5-2)14-6-9-20-16(11-14)7-10-18-12-16/h13-15,17H,4-12H2,1-3H3. The Morgan fingerprint density at radius 2 is 2.20 bits per heavy atom. The van der Waals surface area contributed by atoms with Crippen molar-refractivity contribution >= 4 is 0 Å². The first-order chi connectivity index (χ1) is 9.71. The Kier molecular flexibility index (Phi) is 6.27. The smallest absolute Gasteiger partial charge is 0.0939 e. The Balaban J connectivity index is 1.99. The Bertz CT molecular complexity index is 279. The van der Waals surface area contributed by atoms with Crippen LogP contribution in [0.3, 0.4) is 0 Å². The van der Waals surface area contributed by atoms with E-state index >= 15 is 0 Å². The van der Waals surface area contributed by atoms with Crippen LogP contribution >= 0.6 is 0 Å². The summed E-state index contributed by atoms with van der Waals surface area (Å²) >= 11 is 0. The molecule has 0 bridgehead atoms. The van der Waals surface area contributed by atoms with E-state index in [0.717, 1.165) is 58.7 Å². The zero-order chi connectivity index (χ0) is 14.4. The first kappa shape index (κ1) is 16.2. The van der Waals surface area contributed by atoms with Crippen LogP contribution in [0.25, 0.3) is 0 Å². The maximum Gasteiger partial charge on any atom is 0.0939 e. The fraction of sp³-hybridized carbons (Fsp3) is 1.00. The molecule has 4 nitrogen and oxygen atoms in total. The number of ether oxygens (including phenoxy) is 3. The molecule has 0 amide bonds. The highest BCUT2D eigenvalue weighted by Crippen LogP contribution is 2.37. The molecule has 1 N–H and O–H groups in total. The number of nitrogens with one attached hydrogen (secondary N) is 1. The van der Waals surface area contributed by atoms with Crippen LogP contribution in [0.15, 0.2) is 0 Å². The lowest BCUT2D eigenvalue weighted by Crippen LogP contribution is -2.52. The monoisotopic (exact) mass is 285 g/mol. The van der Waals surface area contributed by atoms with E-state index in [1.807, 2.05) is 0 Å². The van der Waals surface area contributed by atoms with Gasteiger partial charge in [0.05, 0.1) is 18.3 Å². The van der Waals surface area contributed by atoms with E-state index in [-0.39, 0.29) is 11.7 Å². The molecule has 4 atom stereocenters. The second-order valence-electron chi connectivity index (χ2n) is 6.23. The van der Waals surface area contributed by atoms with E-state index in [1.165, 1.54) is 0 Å². The molecule has 0 aromatic carbocycles. The first-order valence-electron chi connectivity index (χ1n) is 8.27. The lowest BCUT2D eigenvalue weighted by molar-refractivity contribution is -0.111. The lowest BCUT2D eigenvalue weighted by atomic mass is 9.79. The predicted molar refractivity (Wildman–Crippen MR) is 80.0 cm³/mol. The molecule has 0 aromatic heterocycles. The number of rotatable bonds is 7. The average Bonchev–Trinajstić information content (AvgIpc) is 2.87. The van der Waals surface area contributed by atoms with E-state index in [2.05, 4.69) is 26.1 Å². The van der Waals surface area contributed by atoms with Gasteiger partial charge in [-0.15, -0.1) is 0 Å². The van der Waals surface area contributed by atoms with Gasteiger partial charge in [-0.3, -0.25) is 0 Å². The average molecular weight is 285 g/mol. The van der Waals surface area contributed by atoms with Crippen molar-refractivity contribution in [1.29, 1.82) is 0 Å². The van der Waals surface area contributed by atoms with E-state index in [9.17, 15) is 0 Å². The van der Waals surface area contributed by atoms with Gasteiger partial charge in [0.15, 0.2) is 0 Å². The van der Waals surface area contributed by atoms with Crippen LogP contribution < -0.4 is 5.32 Å². The second-order valence-corrected chi connectivity index (χ2v) is 6.23. The third-order valence-electron chi connectivity index (χ3n) is 4.67. The molecular weight excluding hydrogens is 254 g/mol. The summed E-state index contributed by atoms with van der Waals surface area (Å²) in [5.74, 6) is 0.624. The molecule has 0 radical (unpaired) electrons. The van der Waals surface area contributed by atoms with Gasteiger partial charge in [-0.05, 0) is 45.6 Å². The van der Waals surface area contributed by atoms with Crippen LogP contribution in [0.2, 0.25) is 0 Å². The van der Waals surface area contributed by atoms with Crippen molar-refractivity contribution in [2.45, 2.75) is 64.2 Å². The molecule has 118 valence electrons. The van der Waals surface area contributed by atoms with E-state index in [4.69, 9.17) is 14.2 Å². The fourth-order valence-electron chi connectivity index (χ4n) is 3.63. The molecule has 1 spiro atoms. The minimum absolute atomic E-state index is 0.0129. The van der Waals surface area contributed by atoms with Crippen molar-refractivity contribution in [2.75, 3.05) is 33.0 Å². The SMILES string of the molecule is CCCNC(C1CCOC2(CCOC2)C1)C(C)OCC. The van der Waals surface area contributed by atoms with Crippen molar-refractivity contribution in [3.63, 3.8) is 0 Å². The number of hydrogen-bond acceptors (Lipinski definition) is 4. The molecule has 2 aliphatic rings. The molecule has 2 heterocycles. The molecule has 2 aliphatic heterocycles. The van der Waals surface area contributed by atoms with Crippen molar-refractivity contribution in [1.82, 2.24) is 5.32 Å². The summed E-state index contributed by atoms with van der Waals surface area (Å²) in [5, 5.41) is 3.71. The molecular formula is C16H31NO3. The van der Waals surface area contributed by atoms with Crippen LogP contribution in [-0.4, -0.2) is 50.7 Å². The van der Waals surface area contributed by atoms with Crippen LogP contribution in [0, 0.1) is 5.92 Å². The van der Waals surface area contributed by atoms with Crippen LogP contribution in [-0.2, 0) is 14.2 Å². The minimum Gasteiger partial charge on any atom is -0.378 e. The molecule has 4 unspecified atom stereocenters. The maximum absolute atomic E-state index is 6.06. The minimum atomic E-state index is -0.0129. The first-order valence-corrected chi connectivity index (χ1v) is 8.27. The van der Waals surface area contributed by atoms with Gasteiger partial charge in [-0.25, -0.2) is 0 Å². The summed E-state index contributed by atoms with van der Waals surface area (Å²) in [6.07, 6.45) is 4.70. The molecule has 0 saturated carbocycles. The molecule has 2 saturated heterocycles. The largest absolute Gasteiger partial charge is 0.378 e. The molecule has 2 fully saturated rings. The summed E-state index contributed by atoms with van der Waals surface area (Å²) in [4.78, 5) is 0. The second kappa shape index (κ2) is 7.74. The van der Waals surface area contributed by atoms with E-state index in [1.54, 1.807) is 0 Å². The summed E-state index contributed by atoms with van der Waals surface area (Å²) in [6, 6.07) is 0.427. The third kappa shape index (κ3) is 3.94. The van der Waals surface area contributed by atoms with Crippen LogP contribution in [0.5, 0.6) is 0 Å². The fourth-order valence-corrected chi connectivity index (χ4v) is 3.63. The van der Waals surface area contributed by atoms with Gasteiger partial charge in [0.2, 0.25) is 0 Å². The van der Waals surface area contributed by atoms with Gasteiger partial charge in [0, 0.05) is 32.3 Å². The molecule has 20 heavy (non-hydrogen) atoms. The summed E-state index contributed by atoms with van der Waals surface area (Å²) in [7, 11) is 0. The molecule has 0 aliphatic carbocycles. The van der Waals surface area contributed by atoms with Gasteiger partial charge < -0.3 is 19.5 Å².